The van der Waals surface area contributed by atoms with Gasteiger partial charge in [0.1, 0.15) is 6.54 Å². The van der Waals surface area contributed by atoms with E-state index in [0.717, 1.165) is 13.1 Å². The molecule has 0 aromatic heterocycles. The minimum atomic E-state index is -0.0657. The first kappa shape index (κ1) is 33.3. The first-order valence-electron chi connectivity index (χ1n) is 19.1. The number of nitrogens with zero attached hydrogens (tertiary/aromatic N) is 2. The Labute approximate surface area is 295 Å². The molecule has 7 rings (SSSR count). The van der Waals surface area contributed by atoms with Gasteiger partial charge in [0.05, 0.1) is 5.41 Å². The van der Waals surface area contributed by atoms with Gasteiger partial charge < -0.3 is 4.90 Å². The van der Waals surface area contributed by atoms with Gasteiger partial charge in [0.2, 0.25) is 5.69 Å². The van der Waals surface area contributed by atoms with E-state index in [1.165, 1.54) is 120 Å². The van der Waals surface area contributed by atoms with Crippen LogP contribution in [-0.4, -0.2) is 23.4 Å². The van der Waals surface area contributed by atoms with Crippen LogP contribution in [0.15, 0.2) is 121 Å². The first-order chi connectivity index (χ1) is 23.9. The summed E-state index contributed by atoms with van der Waals surface area (Å²) in [6.07, 6.45) is 29.1. The fraction of sp³-hybridized carbons (Fsp3) is 0.383. The molecule has 0 unspecified atom stereocenters. The van der Waals surface area contributed by atoms with Crippen LogP contribution in [0, 0.1) is 0 Å². The molecule has 4 aromatic carbocycles. The number of fused-ring (bicyclic) bond motifs is 9. The van der Waals surface area contributed by atoms with Gasteiger partial charge in [-0.3, -0.25) is 0 Å². The molecule has 252 valence electrons. The third-order valence-corrected chi connectivity index (χ3v) is 11.5. The zero-order valence-electron chi connectivity index (χ0n) is 30.3. The molecule has 0 aliphatic carbocycles. The molecule has 0 saturated carbocycles. The van der Waals surface area contributed by atoms with Gasteiger partial charge in [0.15, 0.2) is 5.71 Å². The number of hydrogen-bond donors (Lipinski definition) is 0. The molecule has 2 heteroatoms. The molecule has 2 nitrogen and oxygen atoms in total. The molecule has 4 aromatic rings. The molecule has 3 aliphatic rings. The summed E-state index contributed by atoms with van der Waals surface area (Å²) in [6, 6.07) is 27.2. The molecular formula is C47H55N2+. The highest BCUT2D eigenvalue weighted by atomic mass is 15.2. The number of allylic oxidation sites excluding steroid dienone is 8. The second-order valence-electron chi connectivity index (χ2n) is 15.5. The van der Waals surface area contributed by atoms with E-state index in [2.05, 4.69) is 152 Å². The maximum Gasteiger partial charge on any atom is 0.210 e. The molecule has 0 bridgehead atoms. The maximum atomic E-state index is 2.62. The number of hydrogen-bond acceptors (Lipinski definition) is 1. The minimum absolute atomic E-state index is 0.0657. The molecule has 3 heterocycles. The van der Waals surface area contributed by atoms with Crippen LogP contribution in [0.25, 0.3) is 21.5 Å². The predicted octanol–water partition coefficient (Wildman–Crippen LogP) is 12.6. The Bertz CT molecular complexity index is 1980. The summed E-state index contributed by atoms with van der Waals surface area (Å²) in [5, 5.41) is 5.44. The van der Waals surface area contributed by atoms with E-state index in [-0.39, 0.29) is 10.8 Å². The van der Waals surface area contributed by atoms with Crippen LogP contribution in [0.5, 0.6) is 0 Å². The molecule has 0 saturated heterocycles. The van der Waals surface area contributed by atoms with Crippen LogP contribution in [0.1, 0.15) is 103 Å². The lowest BCUT2D eigenvalue weighted by Gasteiger charge is -2.27. The van der Waals surface area contributed by atoms with E-state index >= 15 is 0 Å². The summed E-state index contributed by atoms with van der Waals surface area (Å²) in [4.78, 5) is 2.62. The second-order valence-corrected chi connectivity index (χ2v) is 15.5. The number of rotatable bonds is 0. The van der Waals surface area contributed by atoms with Crippen molar-refractivity contribution in [2.24, 2.45) is 0 Å². The predicted molar refractivity (Wildman–Crippen MR) is 213 cm³/mol. The molecular weight excluding hydrogens is 593 g/mol. The monoisotopic (exact) mass is 647 g/mol. The fourth-order valence-electron chi connectivity index (χ4n) is 8.99. The smallest absolute Gasteiger partial charge is 0.210 e. The Balaban J connectivity index is 1.20. The first-order valence-corrected chi connectivity index (χ1v) is 19.1. The van der Waals surface area contributed by atoms with Gasteiger partial charge in [-0.1, -0.05) is 144 Å². The second kappa shape index (κ2) is 14.4. The Morgan fingerprint density at radius 3 is 1.82 bits per heavy atom. The van der Waals surface area contributed by atoms with E-state index in [1.54, 1.807) is 0 Å². The van der Waals surface area contributed by atoms with Crippen LogP contribution in [0.3, 0.4) is 0 Å². The summed E-state index contributed by atoms with van der Waals surface area (Å²) in [5.41, 5.74) is 8.40. The van der Waals surface area contributed by atoms with Gasteiger partial charge in [0.25, 0.3) is 0 Å². The lowest BCUT2D eigenvalue weighted by Crippen LogP contribution is -2.28. The van der Waals surface area contributed by atoms with Gasteiger partial charge in [-0.2, -0.15) is 4.58 Å². The SMILES string of the molecule is CC1(C)C2=[N+](CCCCCCCCCCCCN3\C(=C/C=C/C=C/C=C/2)C(C)(C)c2c3ccc3ccccc23)c2ccc3ccccc3c21. The van der Waals surface area contributed by atoms with Crippen LogP contribution in [0.2, 0.25) is 0 Å². The topological polar surface area (TPSA) is 6.25 Å². The highest BCUT2D eigenvalue weighted by Gasteiger charge is 2.45. The molecule has 0 amide bonds. The zero-order valence-corrected chi connectivity index (χ0v) is 30.3. The Kier molecular flexibility index (Phi) is 9.77. The van der Waals surface area contributed by atoms with Crippen molar-refractivity contribution in [3.8, 4) is 0 Å². The van der Waals surface area contributed by atoms with E-state index in [1.807, 2.05) is 0 Å². The van der Waals surface area contributed by atoms with Gasteiger partial charge >= 0.3 is 0 Å². The third kappa shape index (κ3) is 6.48. The minimum Gasteiger partial charge on any atom is -0.344 e. The number of benzene rings is 4. The summed E-state index contributed by atoms with van der Waals surface area (Å²) in [5.74, 6) is 0. The van der Waals surface area contributed by atoms with Crippen LogP contribution in [0.4, 0.5) is 11.4 Å². The van der Waals surface area contributed by atoms with Crippen LogP contribution < -0.4 is 4.90 Å². The molecule has 0 N–H and O–H groups in total. The Morgan fingerprint density at radius 2 is 1.10 bits per heavy atom. The lowest BCUT2D eigenvalue weighted by molar-refractivity contribution is -0.438. The van der Waals surface area contributed by atoms with Gasteiger partial charge in [-0.05, 0) is 72.0 Å². The summed E-state index contributed by atoms with van der Waals surface area (Å²) in [6.45, 7) is 11.8. The van der Waals surface area contributed by atoms with Crippen LogP contribution >= 0.6 is 0 Å². The largest absolute Gasteiger partial charge is 0.344 e. The van der Waals surface area contributed by atoms with Crippen molar-refractivity contribution in [2.75, 3.05) is 18.0 Å². The third-order valence-electron chi connectivity index (χ3n) is 11.5. The number of anilines is 1. The van der Waals surface area contributed by atoms with Crippen LogP contribution in [-0.2, 0) is 10.8 Å². The summed E-state index contributed by atoms with van der Waals surface area (Å²) >= 11 is 0. The van der Waals surface area contributed by atoms with Crippen molar-refractivity contribution in [1.82, 2.24) is 0 Å². The van der Waals surface area contributed by atoms with Gasteiger partial charge in [-0.15, -0.1) is 0 Å². The molecule has 49 heavy (non-hydrogen) atoms. The van der Waals surface area contributed by atoms with Crippen molar-refractivity contribution in [3.63, 3.8) is 0 Å². The van der Waals surface area contributed by atoms with Gasteiger partial charge in [0, 0.05) is 47.5 Å². The maximum absolute atomic E-state index is 2.62. The fourth-order valence-corrected chi connectivity index (χ4v) is 8.99. The van der Waals surface area contributed by atoms with Crippen molar-refractivity contribution in [1.29, 1.82) is 0 Å². The van der Waals surface area contributed by atoms with Gasteiger partial charge in [-0.25, -0.2) is 0 Å². The van der Waals surface area contributed by atoms with Crippen molar-refractivity contribution in [3.05, 3.63) is 132 Å². The molecule has 3 aliphatic heterocycles. The molecule has 0 fully saturated rings. The average molecular weight is 648 g/mol. The summed E-state index contributed by atoms with van der Waals surface area (Å²) < 4.78 is 2.62. The summed E-state index contributed by atoms with van der Waals surface area (Å²) in [7, 11) is 0. The standard InChI is InChI=1S/C47H55N2/c1-46(2)42-28-16-12-11-13-17-29-43-47(3,4)45-39-27-21-19-25-37(39)31-33-41(45)49(43)35-23-15-10-8-6-5-7-9-14-22-34-48(42)40-32-30-36-24-18-20-26-38(36)44(40)46/h11-13,16-21,24-33H,5-10,14-15,22-23,34-35H2,1-4H3/q+1. The van der Waals surface area contributed by atoms with E-state index in [0.29, 0.717) is 0 Å². The molecule has 0 atom stereocenters. The van der Waals surface area contributed by atoms with E-state index in [9.17, 15) is 0 Å². The zero-order chi connectivity index (χ0) is 33.8. The highest BCUT2D eigenvalue weighted by Crippen LogP contribution is 2.51. The van der Waals surface area contributed by atoms with E-state index < -0.39 is 0 Å². The Hall–Kier alpha value is -4.17. The Morgan fingerprint density at radius 1 is 0.531 bits per heavy atom. The average Bonchev–Trinajstić information content (AvgIpc) is 3.46. The van der Waals surface area contributed by atoms with E-state index in [4.69, 9.17) is 0 Å². The quantitative estimate of drug-likeness (QED) is 0.172. The van der Waals surface area contributed by atoms with Crippen molar-refractivity contribution in [2.45, 2.75) is 103 Å². The molecule has 0 radical (unpaired) electrons. The normalized spacial score (nSPS) is 23.2. The lowest BCUT2D eigenvalue weighted by atomic mass is 9.79. The van der Waals surface area contributed by atoms with Crippen molar-refractivity contribution >= 4 is 38.6 Å². The van der Waals surface area contributed by atoms with Crippen molar-refractivity contribution < 1.29 is 4.58 Å². The molecule has 0 spiro atoms. The highest BCUT2D eigenvalue weighted by molar-refractivity contribution is 6.07.